The molecule has 29 heavy (non-hydrogen) atoms. The fraction of sp³-hybridized carbons (Fsp3) is 0.474. The first-order valence-electron chi connectivity index (χ1n) is 9.12. The number of ether oxygens (including phenoxy) is 1. The molecule has 0 bridgehead atoms. The van der Waals surface area contributed by atoms with E-state index in [-0.39, 0.29) is 23.0 Å². The number of hydrogen-bond acceptors (Lipinski definition) is 7. The van der Waals surface area contributed by atoms with E-state index in [1.54, 1.807) is 29.2 Å². The fourth-order valence-corrected chi connectivity index (χ4v) is 4.57. The molecule has 3 unspecified atom stereocenters. The summed E-state index contributed by atoms with van der Waals surface area (Å²) in [4.78, 5) is 35.9. The number of nitrogens with one attached hydrogen (secondary N) is 1. The number of carbonyl (C=O) groups is 3. The fourth-order valence-electron chi connectivity index (χ4n) is 2.98. The Labute approximate surface area is 172 Å². The summed E-state index contributed by atoms with van der Waals surface area (Å²) in [6, 6.07) is 8.65. The molecule has 0 spiro atoms. The van der Waals surface area contributed by atoms with Crippen LogP contribution in [-0.4, -0.2) is 63.3 Å². The monoisotopic (exact) mass is 421 g/mol. The van der Waals surface area contributed by atoms with Gasteiger partial charge in [-0.1, -0.05) is 6.07 Å². The number of hydrogen-bond donors (Lipinski definition) is 3. The van der Waals surface area contributed by atoms with E-state index in [0.717, 1.165) is 5.69 Å². The summed E-state index contributed by atoms with van der Waals surface area (Å²) in [6.07, 6.45) is 0.629. The van der Waals surface area contributed by atoms with Crippen molar-refractivity contribution in [2.24, 2.45) is 5.92 Å². The van der Waals surface area contributed by atoms with Gasteiger partial charge in [0, 0.05) is 31.3 Å². The number of carboxylic acid groups (broad SMARTS) is 2. The van der Waals surface area contributed by atoms with Crippen LogP contribution in [-0.2, 0) is 14.4 Å². The highest BCUT2D eigenvalue weighted by molar-refractivity contribution is 8.01. The molecule has 1 aromatic carbocycles. The largest absolute Gasteiger partial charge is 0.482 e. The molecule has 1 aliphatic rings. The van der Waals surface area contributed by atoms with Gasteiger partial charge in [0.25, 0.3) is 0 Å². The van der Waals surface area contributed by atoms with E-state index < -0.39 is 24.5 Å². The van der Waals surface area contributed by atoms with E-state index in [1.165, 1.54) is 11.8 Å². The summed E-state index contributed by atoms with van der Waals surface area (Å²) in [6.45, 7) is 2.36. The zero-order chi connectivity index (χ0) is 21.4. The average molecular weight is 421 g/mol. The van der Waals surface area contributed by atoms with E-state index >= 15 is 0 Å². The van der Waals surface area contributed by atoms with Crippen LogP contribution >= 0.6 is 11.8 Å². The topological polar surface area (TPSA) is 140 Å². The van der Waals surface area contributed by atoms with E-state index in [0.29, 0.717) is 25.3 Å². The van der Waals surface area contributed by atoms with Crippen LogP contribution in [0.3, 0.4) is 0 Å². The minimum absolute atomic E-state index is 0.0510. The van der Waals surface area contributed by atoms with E-state index in [2.05, 4.69) is 5.32 Å². The van der Waals surface area contributed by atoms with E-state index in [1.807, 2.05) is 13.0 Å². The third-order valence-corrected chi connectivity index (χ3v) is 5.92. The van der Waals surface area contributed by atoms with Crippen molar-refractivity contribution in [3.05, 3.63) is 24.3 Å². The lowest BCUT2D eigenvalue weighted by Crippen LogP contribution is -2.36. The summed E-state index contributed by atoms with van der Waals surface area (Å²) >= 11 is 1.39. The number of amides is 1. The van der Waals surface area contributed by atoms with Crippen LogP contribution < -0.4 is 10.1 Å². The van der Waals surface area contributed by atoms with Gasteiger partial charge >= 0.3 is 11.9 Å². The molecule has 0 aromatic heterocycles. The number of benzene rings is 1. The summed E-state index contributed by atoms with van der Waals surface area (Å²) < 4.78 is 5.14. The van der Waals surface area contributed by atoms with Gasteiger partial charge in [-0.3, -0.25) is 9.59 Å². The van der Waals surface area contributed by atoms with Crippen LogP contribution in [0.25, 0.3) is 0 Å². The van der Waals surface area contributed by atoms with Gasteiger partial charge < -0.3 is 25.2 Å². The van der Waals surface area contributed by atoms with Crippen molar-refractivity contribution >= 4 is 35.3 Å². The van der Waals surface area contributed by atoms with Gasteiger partial charge in [-0.25, -0.2) is 4.79 Å². The third kappa shape index (κ3) is 6.29. The minimum Gasteiger partial charge on any atom is -0.482 e. The summed E-state index contributed by atoms with van der Waals surface area (Å²) in [5.41, 5.74) is 0.739. The number of carboxylic acids is 2. The molecule has 0 aliphatic carbocycles. The van der Waals surface area contributed by atoms with Gasteiger partial charge in [0.2, 0.25) is 5.91 Å². The molecule has 3 atom stereocenters. The number of aliphatic carboxylic acids is 2. The lowest BCUT2D eigenvalue weighted by Gasteiger charge is -2.22. The summed E-state index contributed by atoms with van der Waals surface area (Å²) in [5.74, 6) is -3.00. The van der Waals surface area contributed by atoms with Gasteiger partial charge in [-0.15, -0.1) is 11.8 Å². The zero-order valence-corrected chi connectivity index (χ0v) is 16.7. The second kappa shape index (κ2) is 10.6. The van der Waals surface area contributed by atoms with Crippen LogP contribution in [0.2, 0.25) is 0 Å². The van der Waals surface area contributed by atoms with Crippen LogP contribution in [0.5, 0.6) is 5.75 Å². The molecule has 1 aliphatic heterocycles. The summed E-state index contributed by atoms with van der Waals surface area (Å²) in [7, 11) is 0. The highest BCUT2D eigenvalue weighted by Gasteiger charge is 2.40. The van der Waals surface area contributed by atoms with Gasteiger partial charge in [0.05, 0.1) is 16.7 Å². The number of nitrogens with zero attached hydrogens (tertiary/aromatic N) is 2. The van der Waals surface area contributed by atoms with Crippen molar-refractivity contribution < 1.29 is 29.3 Å². The SMILES string of the molecule is CCN1C(=O)C(CCNc2cccc(OCC(=O)O)c2)SC1CC(C#N)C(=O)O. The lowest BCUT2D eigenvalue weighted by atomic mass is 10.1. The van der Waals surface area contributed by atoms with Gasteiger partial charge in [-0.2, -0.15) is 5.26 Å². The molecule has 1 amide bonds. The van der Waals surface area contributed by atoms with Crippen LogP contribution in [0.4, 0.5) is 5.69 Å². The Morgan fingerprint density at radius 1 is 1.41 bits per heavy atom. The van der Waals surface area contributed by atoms with Crippen LogP contribution in [0, 0.1) is 17.2 Å². The van der Waals surface area contributed by atoms with Crippen molar-refractivity contribution in [1.82, 2.24) is 4.90 Å². The van der Waals surface area contributed by atoms with Crippen molar-refractivity contribution in [3.63, 3.8) is 0 Å². The Morgan fingerprint density at radius 2 is 2.17 bits per heavy atom. The highest BCUT2D eigenvalue weighted by atomic mass is 32.2. The van der Waals surface area contributed by atoms with Crippen molar-refractivity contribution in [2.75, 3.05) is 25.0 Å². The first kappa shape index (κ1) is 22.4. The molecule has 9 nitrogen and oxygen atoms in total. The van der Waals surface area contributed by atoms with E-state index in [9.17, 15) is 14.4 Å². The maximum absolute atomic E-state index is 12.6. The Bertz CT molecular complexity index is 796. The second-order valence-electron chi connectivity index (χ2n) is 6.38. The second-order valence-corrected chi connectivity index (χ2v) is 7.77. The van der Waals surface area contributed by atoms with Crippen molar-refractivity contribution in [1.29, 1.82) is 5.26 Å². The quantitative estimate of drug-likeness (QED) is 0.488. The van der Waals surface area contributed by atoms with Crippen molar-refractivity contribution in [3.8, 4) is 11.8 Å². The number of carbonyl (C=O) groups excluding carboxylic acids is 1. The number of rotatable bonds is 11. The van der Waals surface area contributed by atoms with E-state index in [4.69, 9.17) is 20.2 Å². The number of nitriles is 1. The molecule has 3 N–H and O–H groups in total. The molecule has 1 heterocycles. The molecular weight excluding hydrogens is 398 g/mol. The normalized spacial score (nSPS) is 19.4. The smallest absolute Gasteiger partial charge is 0.341 e. The molecule has 0 radical (unpaired) electrons. The van der Waals surface area contributed by atoms with Gasteiger partial charge in [-0.05, 0) is 25.5 Å². The first-order valence-corrected chi connectivity index (χ1v) is 10.1. The molecule has 10 heteroatoms. The minimum atomic E-state index is -1.17. The van der Waals surface area contributed by atoms with Crippen LogP contribution in [0.15, 0.2) is 24.3 Å². The number of thioether (sulfide) groups is 1. The first-order chi connectivity index (χ1) is 13.8. The number of anilines is 1. The highest BCUT2D eigenvalue weighted by Crippen LogP contribution is 2.36. The Kier molecular flexibility index (Phi) is 8.15. The molecule has 1 aromatic rings. The Hall–Kier alpha value is -2.93. The third-order valence-electron chi connectivity index (χ3n) is 4.39. The van der Waals surface area contributed by atoms with Crippen LogP contribution in [0.1, 0.15) is 19.8 Å². The Balaban J connectivity index is 1.89. The standard InChI is InChI=1S/C19H23N3O6S/c1-2-22-16(8-12(10-20)19(26)27)29-15(18(22)25)6-7-21-13-4-3-5-14(9-13)28-11-17(23)24/h3-5,9,12,15-16,21H,2,6-8,11H2,1H3,(H,23,24)(H,26,27). The molecule has 1 fully saturated rings. The average Bonchev–Trinajstić information content (AvgIpc) is 2.99. The predicted molar refractivity (Wildman–Crippen MR) is 107 cm³/mol. The molecule has 156 valence electrons. The Morgan fingerprint density at radius 3 is 2.79 bits per heavy atom. The molecular formula is C19H23N3O6S. The zero-order valence-electron chi connectivity index (χ0n) is 15.9. The predicted octanol–water partition coefficient (Wildman–Crippen LogP) is 1.86. The molecule has 0 saturated carbocycles. The maximum Gasteiger partial charge on any atom is 0.341 e. The maximum atomic E-state index is 12.6. The molecule has 1 saturated heterocycles. The van der Waals surface area contributed by atoms with Gasteiger partial charge in [0.1, 0.15) is 11.7 Å². The molecule has 2 rings (SSSR count). The lowest BCUT2D eigenvalue weighted by molar-refractivity contribution is -0.141. The summed E-state index contributed by atoms with van der Waals surface area (Å²) in [5, 5.41) is 29.3. The van der Waals surface area contributed by atoms with Gasteiger partial charge in [0.15, 0.2) is 6.61 Å². The van der Waals surface area contributed by atoms with Crippen molar-refractivity contribution in [2.45, 2.75) is 30.4 Å².